The molecule has 2 aromatic carbocycles. The number of anilines is 1. The van der Waals surface area contributed by atoms with Gasteiger partial charge in [0.25, 0.3) is 0 Å². The molecule has 0 radical (unpaired) electrons. The van der Waals surface area contributed by atoms with Crippen molar-refractivity contribution in [2.75, 3.05) is 37.6 Å². The van der Waals surface area contributed by atoms with Crippen LogP contribution in [0.5, 0.6) is 0 Å². The molecule has 4 rings (SSSR count). The molecule has 1 saturated heterocycles. The molecule has 0 amide bonds. The normalized spacial score (nSPS) is 22.2. The van der Waals surface area contributed by atoms with Crippen LogP contribution in [0.25, 0.3) is 0 Å². The van der Waals surface area contributed by atoms with Gasteiger partial charge in [-0.05, 0) is 85.1 Å². The monoisotopic (exact) mass is 511 g/mol. The predicted molar refractivity (Wildman–Crippen MR) is 158 cm³/mol. The van der Waals surface area contributed by atoms with Gasteiger partial charge < -0.3 is 10.6 Å². The first kappa shape index (κ1) is 29.0. The second-order valence-corrected chi connectivity index (χ2v) is 12.2. The Morgan fingerprint density at radius 1 is 0.917 bits per heavy atom. The molecule has 0 aromatic heterocycles. The number of unbranched alkanes of at least 4 members (excludes halogenated alkanes) is 1. The van der Waals surface area contributed by atoms with Crippen LogP contribution in [0.4, 0.5) is 5.69 Å². The third-order valence-corrected chi connectivity index (χ3v) is 8.71. The summed E-state index contributed by atoms with van der Waals surface area (Å²) in [5.74, 6) is 1.50. The van der Waals surface area contributed by atoms with Gasteiger partial charge in [0.05, 0.1) is 0 Å². The van der Waals surface area contributed by atoms with E-state index >= 15 is 0 Å². The molecule has 2 aliphatic rings. The maximum absolute atomic E-state index is 6.78. The largest absolute Gasteiger partial charge is 0.369 e. The minimum absolute atomic E-state index is 0. The molecule has 2 fully saturated rings. The van der Waals surface area contributed by atoms with Gasteiger partial charge >= 0.3 is 0 Å². The third-order valence-electron chi connectivity index (χ3n) is 8.71. The molecule has 0 spiro atoms. The average molecular weight is 512 g/mol. The van der Waals surface area contributed by atoms with E-state index in [9.17, 15) is 0 Å². The molecule has 1 atom stereocenters. The highest BCUT2D eigenvalue weighted by atomic mass is 35.5. The van der Waals surface area contributed by atoms with Gasteiger partial charge in [-0.25, -0.2) is 0 Å². The summed E-state index contributed by atoms with van der Waals surface area (Å²) in [7, 11) is 0. The van der Waals surface area contributed by atoms with Gasteiger partial charge in [0, 0.05) is 37.9 Å². The Balaban J connectivity index is 0.00000361. The molecule has 2 aromatic rings. The van der Waals surface area contributed by atoms with Crippen LogP contribution in [0.2, 0.25) is 0 Å². The van der Waals surface area contributed by atoms with Crippen molar-refractivity contribution in [3.63, 3.8) is 0 Å². The smallest absolute Gasteiger partial charge is 0.0402 e. The molecular weight excluding hydrogens is 462 g/mol. The highest BCUT2D eigenvalue weighted by molar-refractivity contribution is 5.85. The summed E-state index contributed by atoms with van der Waals surface area (Å²) in [4.78, 5) is 5.32. The van der Waals surface area contributed by atoms with E-state index in [-0.39, 0.29) is 18.4 Å². The lowest BCUT2D eigenvalue weighted by Gasteiger charge is -2.40. The van der Waals surface area contributed by atoms with E-state index < -0.39 is 0 Å². The van der Waals surface area contributed by atoms with E-state index in [1.54, 1.807) is 5.56 Å². The van der Waals surface area contributed by atoms with Crippen LogP contribution in [0, 0.1) is 11.3 Å². The fraction of sp³-hybridized carbons (Fsp3) is 0.625. The van der Waals surface area contributed by atoms with E-state index in [1.807, 2.05) is 0 Å². The zero-order chi connectivity index (χ0) is 24.8. The lowest BCUT2D eigenvalue weighted by molar-refractivity contribution is 0.169. The number of nitrogens with zero attached hydrogens (tertiary/aromatic N) is 2. The molecule has 1 aliphatic carbocycles. The average Bonchev–Trinajstić information content (AvgIpc) is 2.87. The molecule has 1 aliphatic heterocycles. The van der Waals surface area contributed by atoms with Crippen LogP contribution in [0.15, 0.2) is 48.5 Å². The minimum atomic E-state index is 0. The Morgan fingerprint density at radius 2 is 1.58 bits per heavy atom. The van der Waals surface area contributed by atoms with Crippen molar-refractivity contribution < 1.29 is 0 Å². The predicted octanol–water partition coefficient (Wildman–Crippen LogP) is 7.59. The van der Waals surface area contributed by atoms with Gasteiger partial charge in [0.1, 0.15) is 0 Å². The second kappa shape index (κ2) is 13.3. The zero-order valence-corrected chi connectivity index (χ0v) is 24.0. The first-order valence-corrected chi connectivity index (χ1v) is 14.3. The quantitative estimate of drug-likeness (QED) is 0.396. The first-order chi connectivity index (χ1) is 16.8. The molecule has 4 heteroatoms. The van der Waals surface area contributed by atoms with E-state index in [1.165, 1.54) is 75.0 Å². The number of hydrogen-bond acceptors (Lipinski definition) is 3. The highest BCUT2D eigenvalue weighted by Gasteiger charge is 2.32. The van der Waals surface area contributed by atoms with Gasteiger partial charge in [0.15, 0.2) is 0 Å². The molecule has 1 heterocycles. The van der Waals surface area contributed by atoms with Gasteiger partial charge in [-0.1, -0.05) is 76.6 Å². The number of piperazine rings is 1. The standard InChI is InChI=1S/C32H49N3.ClH/c1-5-6-18-34-19-21-35(22-20-34)31-17-14-27(30(33)23-25-10-8-7-9-11-25)24-29(31)26-12-15-28(16-13-26)32(2,3)4;/h7-11,14,17,24,26,28,30H,5-6,12-13,15-16,18-23,33H2,1-4H3;1H. The molecule has 2 N–H and O–H groups in total. The van der Waals surface area contributed by atoms with Crippen LogP contribution in [0.1, 0.15) is 94.9 Å². The molecule has 1 unspecified atom stereocenters. The Labute approximate surface area is 227 Å². The molecule has 0 bridgehead atoms. The number of nitrogens with two attached hydrogens (primary N) is 1. The van der Waals surface area contributed by atoms with Gasteiger partial charge in [-0.15, -0.1) is 12.4 Å². The van der Waals surface area contributed by atoms with Crippen molar-refractivity contribution in [1.82, 2.24) is 4.90 Å². The Hall–Kier alpha value is -1.55. The fourth-order valence-corrected chi connectivity index (χ4v) is 6.27. The molecule has 1 saturated carbocycles. The number of benzene rings is 2. The van der Waals surface area contributed by atoms with Crippen LogP contribution < -0.4 is 10.6 Å². The summed E-state index contributed by atoms with van der Waals surface area (Å²) in [5, 5.41) is 0. The van der Waals surface area contributed by atoms with E-state index in [4.69, 9.17) is 5.73 Å². The number of rotatable bonds is 8. The number of hydrogen-bond donors (Lipinski definition) is 1. The highest BCUT2D eigenvalue weighted by Crippen LogP contribution is 2.45. The lowest BCUT2D eigenvalue weighted by Crippen LogP contribution is -2.47. The van der Waals surface area contributed by atoms with E-state index in [0.29, 0.717) is 11.3 Å². The molecule has 200 valence electrons. The van der Waals surface area contributed by atoms with Crippen LogP contribution in [-0.2, 0) is 6.42 Å². The molecule has 3 nitrogen and oxygen atoms in total. The second-order valence-electron chi connectivity index (χ2n) is 12.2. The molecular formula is C32H50ClN3. The van der Waals surface area contributed by atoms with Crippen molar-refractivity contribution in [1.29, 1.82) is 0 Å². The lowest BCUT2D eigenvalue weighted by atomic mass is 9.68. The summed E-state index contributed by atoms with van der Waals surface area (Å²) in [6, 6.07) is 18.0. The van der Waals surface area contributed by atoms with E-state index in [0.717, 1.165) is 25.4 Å². The SMILES string of the molecule is CCCCN1CCN(c2ccc(C(N)Cc3ccccc3)cc2C2CCC(C(C)(C)C)CC2)CC1.Cl. The maximum atomic E-state index is 6.78. The maximum Gasteiger partial charge on any atom is 0.0402 e. The summed E-state index contributed by atoms with van der Waals surface area (Å²) in [6.45, 7) is 15.5. The summed E-state index contributed by atoms with van der Waals surface area (Å²) in [5.41, 5.74) is 12.9. The van der Waals surface area contributed by atoms with Gasteiger partial charge in [0.2, 0.25) is 0 Å². The van der Waals surface area contributed by atoms with Gasteiger partial charge in [-0.3, -0.25) is 4.90 Å². The zero-order valence-electron chi connectivity index (χ0n) is 23.2. The summed E-state index contributed by atoms with van der Waals surface area (Å²) >= 11 is 0. The van der Waals surface area contributed by atoms with Crippen molar-refractivity contribution >= 4 is 18.1 Å². The summed E-state index contributed by atoms with van der Waals surface area (Å²) in [6.07, 6.45) is 8.80. The minimum Gasteiger partial charge on any atom is -0.369 e. The number of halogens is 1. The molecule has 36 heavy (non-hydrogen) atoms. The fourth-order valence-electron chi connectivity index (χ4n) is 6.27. The van der Waals surface area contributed by atoms with Gasteiger partial charge in [-0.2, -0.15) is 0 Å². The van der Waals surface area contributed by atoms with E-state index in [2.05, 4.69) is 86.0 Å². The van der Waals surface area contributed by atoms with Crippen molar-refractivity contribution in [3.05, 3.63) is 65.2 Å². The Morgan fingerprint density at radius 3 is 2.19 bits per heavy atom. The first-order valence-electron chi connectivity index (χ1n) is 14.3. The van der Waals surface area contributed by atoms with Crippen LogP contribution in [-0.4, -0.2) is 37.6 Å². The third kappa shape index (κ3) is 7.49. The van der Waals surface area contributed by atoms with Crippen molar-refractivity contribution in [2.45, 2.75) is 84.6 Å². The van der Waals surface area contributed by atoms with Crippen molar-refractivity contribution in [3.8, 4) is 0 Å². The van der Waals surface area contributed by atoms with Crippen LogP contribution >= 0.6 is 12.4 Å². The van der Waals surface area contributed by atoms with Crippen LogP contribution in [0.3, 0.4) is 0 Å². The Kier molecular flexibility index (Phi) is 10.7. The Bertz CT molecular complexity index is 907. The van der Waals surface area contributed by atoms with Crippen molar-refractivity contribution in [2.24, 2.45) is 17.1 Å². The summed E-state index contributed by atoms with van der Waals surface area (Å²) < 4.78 is 0. The topological polar surface area (TPSA) is 32.5 Å².